The fourth-order valence-electron chi connectivity index (χ4n) is 6.87. The van der Waals surface area contributed by atoms with Gasteiger partial charge in [0.25, 0.3) is 0 Å². The van der Waals surface area contributed by atoms with Crippen LogP contribution in [-0.4, -0.2) is 22.0 Å². The highest BCUT2D eigenvalue weighted by molar-refractivity contribution is 5.68. The largest absolute Gasteiger partial charge is 0.457 e. The van der Waals surface area contributed by atoms with Crippen LogP contribution in [0.15, 0.2) is 97.3 Å². The van der Waals surface area contributed by atoms with E-state index < -0.39 is 0 Å². The van der Waals surface area contributed by atoms with Crippen LogP contribution in [0.3, 0.4) is 0 Å². The van der Waals surface area contributed by atoms with E-state index in [1.54, 1.807) is 0 Å². The molecule has 3 nitrogen and oxygen atoms in total. The highest BCUT2D eigenvalue weighted by Gasteiger charge is 2.45. The number of nitrogens with zero attached hydrogens (tertiary/aromatic N) is 2. The number of pyridine rings is 1. The molecule has 3 aliphatic rings. The molecule has 174 valence electrons. The van der Waals surface area contributed by atoms with Crippen molar-refractivity contribution in [1.29, 1.82) is 0 Å². The van der Waals surface area contributed by atoms with Crippen molar-refractivity contribution in [2.75, 3.05) is 0 Å². The molecule has 3 atom stereocenters. The second-order valence-electron chi connectivity index (χ2n) is 10.4. The van der Waals surface area contributed by atoms with Crippen LogP contribution in [0.25, 0.3) is 11.1 Å². The van der Waals surface area contributed by atoms with E-state index >= 15 is 0 Å². The van der Waals surface area contributed by atoms with Gasteiger partial charge in [-0.1, -0.05) is 60.7 Å². The van der Waals surface area contributed by atoms with Gasteiger partial charge in [0.1, 0.15) is 11.5 Å². The molecule has 3 aliphatic heterocycles. The first-order chi connectivity index (χ1) is 17.3. The molecular weight excluding hydrogens is 428 g/mol. The lowest BCUT2D eigenvalue weighted by Crippen LogP contribution is -2.43. The molecule has 2 saturated heterocycles. The Hall–Kier alpha value is -3.43. The number of piperidine rings is 1. The van der Waals surface area contributed by atoms with E-state index in [1.165, 1.54) is 53.5 Å². The molecular formula is C32H30N2O. The summed E-state index contributed by atoms with van der Waals surface area (Å²) in [6.45, 7) is 1.08. The van der Waals surface area contributed by atoms with Crippen LogP contribution in [0.1, 0.15) is 48.3 Å². The maximum absolute atomic E-state index is 6.50. The minimum atomic E-state index is 0.392. The zero-order valence-corrected chi connectivity index (χ0v) is 19.9. The second kappa shape index (κ2) is 8.66. The van der Waals surface area contributed by atoms with Crippen molar-refractivity contribution >= 4 is 0 Å². The first-order valence-corrected chi connectivity index (χ1v) is 12.9. The van der Waals surface area contributed by atoms with Gasteiger partial charge in [-0.3, -0.25) is 9.88 Å². The molecule has 0 amide bonds. The Morgan fingerprint density at radius 2 is 1.43 bits per heavy atom. The summed E-state index contributed by atoms with van der Waals surface area (Å²) in [5, 5.41) is 0. The average molecular weight is 459 g/mol. The van der Waals surface area contributed by atoms with E-state index in [2.05, 4.69) is 94.8 Å². The first kappa shape index (κ1) is 20.9. The summed E-state index contributed by atoms with van der Waals surface area (Å²) in [7, 11) is 0. The molecule has 4 aromatic rings. The third kappa shape index (κ3) is 3.75. The Morgan fingerprint density at radius 3 is 2.23 bits per heavy atom. The van der Waals surface area contributed by atoms with Crippen molar-refractivity contribution in [3.63, 3.8) is 0 Å². The summed E-state index contributed by atoms with van der Waals surface area (Å²) in [5.41, 5.74) is 6.50. The minimum Gasteiger partial charge on any atom is -0.457 e. The van der Waals surface area contributed by atoms with Gasteiger partial charge in [-0.15, -0.1) is 0 Å². The lowest BCUT2D eigenvalue weighted by atomic mass is 9.72. The van der Waals surface area contributed by atoms with Crippen LogP contribution >= 0.6 is 0 Å². The van der Waals surface area contributed by atoms with Crippen molar-refractivity contribution in [3.8, 4) is 22.6 Å². The van der Waals surface area contributed by atoms with Gasteiger partial charge in [-0.05, 0) is 72.6 Å². The standard InChI is InChI=1S/C32H30N2O/c1-2-6-22(7-3-1)21-34-26-11-12-27(34)19-25(18-26)32-28-8-4-5-9-30(28)35-31-20-24(10-13-29(31)32)23-14-16-33-17-15-23/h1-10,13-17,20,25-27,32H,11-12,18-19,21H2. The number of ether oxygens (including phenoxy) is 1. The van der Waals surface area contributed by atoms with Crippen LogP contribution in [0, 0.1) is 5.92 Å². The molecule has 0 radical (unpaired) electrons. The van der Waals surface area contributed by atoms with Gasteiger partial charge < -0.3 is 4.74 Å². The Balaban J connectivity index is 1.22. The Morgan fingerprint density at radius 1 is 0.714 bits per heavy atom. The molecule has 0 aliphatic carbocycles. The van der Waals surface area contributed by atoms with Crippen LogP contribution < -0.4 is 4.74 Å². The maximum atomic E-state index is 6.50. The van der Waals surface area contributed by atoms with E-state index in [-0.39, 0.29) is 0 Å². The smallest absolute Gasteiger partial charge is 0.131 e. The Bertz CT molecular complexity index is 1320. The number of aromatic nitrogens is 1. The number of hydrogen-bond acceptors (Lipinski definition) is 3. The van der Waals surface area contributed by atoms with Crippen LogP contribution in [-0.2, 0) is 6.54 Å². The monoisotopic (exact) mass is 458 g/mol. The molecule has 2 bridgehead atoms. The molecule has 0 saturated carbocycles. The van der Waals surface area contributed by atoms with Crippen LogP contribution in [0.4, 0.5) is 0 Å². The normalized spacial score (nSPS) is 24.9. The molecule has 3 unspecified atom stereocenters. The average Bonchev–Trinajstić information content (AvgIpc) is 3.14. The van der Waals surface area contributed by atoms with Gasteiger partial charge >= 0.3 is 0 Å². The van der Waals surface area contributed by atoms with Crippen molar-refractivity contribution in [2.24, 2.45) is 5.92 Å². The maximum Gasteiger partial charge on any atom is 0.131 e. The third-order valence-corrected chi connectivity index (χ3v) is 8.44. The van der Waals surface area contributed by atoms with Crippen molar-refractivity contribution in [3.05, 3.63) is 114 Å². The lowest BCUT2D eigenvalue weighted by molar-refractivity contribution is 0.0889. The molecule has 0 spiro atoms. The van der Waals surface area contributed by atoms with Gasteiger partial charge in [0.15, 0.2) is 0 Å². The molecule has 3 aromatic carbocycles. The quantitative estimate of drug-likeness (QED) is 0.318. The summed E-state index contributed by atoms with van der Waals surface area (Å²) < 4.78 is 6.50. The summed E-state index contributed by atoms with van der Waals surface area (Å²) in [6.07, 6.45) is 8.88. The predicted molar refractivity (Wildman–Crippen MR) is 140 cm³/mol. The van der Waals surface area contributed by atoms with Gasteiger partial charge in [0, 0.05) is 48.1 Å². The fourth-order valence-corrected chi connectivity index (χ4v) is 6.87. The van der Waals surface area contributed by atoms with Crippen LogP contribution in [0.2, 0.25) is 0 Å². The molecule has 7 rings (SSSR count). The van der Waals surface area contributed by atoms with E-state index in [9.17, 15) is 0 Å². The Kier molecular flexibility index (Phi) is 5.17. The molecule has 35 heavy (non-hydrogen) atoms. The highest BCUT2D eigenvalue weighted by atomic mass is 16.5. The predicted octanol–water partition coefficient (Wildman–Crippen LogP) is 7.43. The minimum absolute atomic E-state index is 0.392. The molecule has 2 fully saturated rings. The van der Waals surface area contributed by atoms with Crippen molar-refractivity contribution in [1.82, 2.24) is 9.88 Å². The summed E-state index contributed by atoms with van der Waals surface area (Å²) in [6, 6.07) is 32.0. The zero-order valence-electron chi connectivity index (χ0n) is 19.9. The molecule has 4 heterocycles. The van der Waals surface area contributed by atoms with E-state index in [1.807, 2.05) is 12.4 Å². The highest BCUT2D eigenvalue weighted by Crippen LogP contribution is 2.53. The number of rotatable bonds is 4. The number of benzene rings is 3. The van der Waals surface area contributed by atoms with Gasteiger partial charge in [0.2, 0.25) is 0 Å². The topological polar surface area (TPSA) is 25.4 Å². The van der Waals surface area contributed by atoms with E-state index in [0.717, 1.165) is 18.0 Å². The van der Waals surface area contributed by atoms with Crippen molar-refractivity contribution in [2.45, 2.75) is 50.2 Å². The van der Waals surface area contributed by atoms with Gasteiger partial charge in [-0.25, -0.2) is 0 Å². The van der Waals surface area contributed by atoms with E-state index in [4.69, 9.17) is 4.74 Å². The summed E-state index contributed by atoms with van der Waals surface area (Å²) >= 11 is 0. The van der Waals surface area contributed by atoms with E-state index in [0.29, 0.717) is 23.9 Å². The molecule has 0 N–H and O–H groups in total. The summed E-state index contributed by atoms with van der Waals surface area (Å²) in [4.78, 5) is 6.97. The lowest BCUT2D eigenvalue weighted by Gasteiger charge is -2.43. The number of para-hydroxylation sites is 1. The Labute approximate surface area is 207 Å². The van der Waals surface area contributed by atoms with Gasteiger partial charge in [0.05, 0.1) is 0 Å². The molecule has 3 heteroatoms. The number of hydrogen-bond donors (Lipinski definition) is 0. The second-order valence-corrected chi connectivity index (χ2v) is 10.4. The fraction of sp³-hybridized carbons (Fsp3) is 0.281. The third-order valence-electron chi connectivity index (χ3n) is 8.44. The SMILES string of the molecule is c1ccc(CN2C3CCC2CC(C2c4ccccc4Oc4cc(-c5ccncc5)ccc42)C3)cc1. The molecule has 1 aromatic heterocycles. The number of fused-ring (bicyclic) bond motifs is 4. The van der Waals surface area contributed by atoms with Crippen molar-refractivity contribution < 1.29 is 4.74 Å². The first-order valence-electron chi connectivity index (χ1n) is 12.9. The summed E-state index contributed by atoms with van der Waals surface area (Å²) in [5.74, 6) is 3.07. The van der Waals surface area contributed by atoms with Crippen LogP contribution in [0.5, 0.6) is 11.5 Å². The zero-order chi connectivity index (χ0) is 23.2. The van der Waals surface area contributed by atoms with Gasteiger partial charge in [-0.2, -0.15) is 0 Å².